The van der Waals surface area contributed by atoms with Gasteiger partial charge in [0.05, 0.1) is 6.10 Å². The number of likely N-dealkylation sites (tertiary alicyclic amines) is 1. The molecule has 5 heteroatoms. The molecular weight excluding hydrogens is 312 g/mol. The number of hydrogen-bond donors (Lipinski definition) is 1. The van der Waals surface area contributed by atoms with Gasteiger partial charge in [-0.1, -0.05) is 29.8 Å². The molecule has 1 saturated heterocycles. The number of aliphatic hydroxyl groups is 1. The van der Waals surface area contributed by atoms with E-state index in [0.717, 1.165) is 23.6 Å². The summed E-state index contributed by atoms with van der Waals surface area (Å²) >= 11 is 6.34. The van der Waals surface area contributed by atoms with Crippen molar-refractivity contribution >= 4 is 17.5 Å². The zero-order valence-corrected chi connectivity index (χ0v) is 14.4. The quantitative estimate of drug-likeness (QED) is 0.832. The first-order chi connectivity index (χ1) is 11.1. The SMILES string of the molecule is CC(c1ccccc1Cl)N(CC(O)CN1CCCC1=O)C1CC1. The van der Waals surface area contributed by atoms with Crippen LogP contribution in [0, 0.1) is 0 Å². The first-order valence-electron chi connectivity index (χ1n) is 8.52. The predicted molar refractivity (Wildman–Crippen MR) is 91.4 cm³/mol. The molecule has 2 atom stereocenters. The van der Waals surface area contributed by atoms with E-state index < -0.39 is 6.10 Å². The van der Waals surface area contributed by atoms with Gasteiger partial charge in [0.15, 0.2) is 0 Å². The number of β-amino-alcohol motifs (C(OH)–C–C–N with tert-alkyl or cyclic N) is 1. The molecule has 1 aliphatic carbocycles. The Kier molecular flexibility index (Phi) is 5.24. The molecule has 1 amide bonds. The third kappa shape index (κ3) is 4.06. The molecule has 23 heavy (non-hydrogen) atoms. The van der Waals surface area contributed by atoms with Crippen LogP contribution in [0.4, 0.5) is 0 Å². The van der Waals surface area contributed by atoms with Crippen molar-refractivity contribution in [3.05, 3.63) is 34.9 Å². The van der Waals surface area contributed by atoms with E-state index in [0.29, 0.717) is 25.6 Å². The molecule has 126 valence electrons. The fourth-order valence-electron chi connectivity index (χ4n) is 3.47. The highest BCUT2D eigenvalue weighted by molar-refractivity contribution is 6.31. The van der Waals surface area contributed by atoms with Crippen LogP contribution in [-0.4, -0.2) is 52.6 Å². The average molecular weight is 337 g/mol. The van der Waals surface area contributed by atoms with Gasteiger partial charge in [0, 0.05) is 43.2 Å². The highest BCUT2D eigenvalue weighted by atomic mass is 35.5. The molecule has 1 aromatic carbocycles. The Balaban J connectivity index is 1.64. The summed E-state index contributed by atoms with van der Waals surface area (Å²) in [7, 11) is 0. The maximum absolute atomic E-state index is 11.7. The number of aliphatic hydroxyl groups excluding tert-OH is 1. The fraction of sp³-hybridized carbons (Fsp3) is 0.611. The van der Waals surface area contributed by atoms with Crippen LogP contribution < -0.4 is 0 Å². The third-order valence-electron chi connectivity index (χ3n) is 4.89. The molecule has 2 aliphatic rings. The predicted octanol–water partition coefficient (Wildman–Crippen LogP) is 2.85. The monoisotopic (exact) mass is 336 g/mol. The summed E-state index contributed by atoms with van der Waals surface area (Å²) < 4.78 is 0. The van der Waals surface area contributed by atoms with Crippen molar-refractivity contribution < 1.29 is 9.90 Å². The van der Waals surface area contributed by atoms with Gasteiger partial charge in [0.1, 0.15) is 0 Å². The summed E-state index contributed by atoms with van der Waals surface area (Å²) in [5.41, 5.74) is 1.10. The number of carbonyl (C=O) groups is 1. The third-order valence-corrected chi connectivity index (χ3v) is 5.24. The maximum Gasteiger partial charge on any atom is 0.222 e. The Bertz CT molecular complexity index is 562. The summed E-state index contributed by atoms with van der Waals surface area (Å²) in [6.45, 7) is 3.95. The average Bonchev–Trinajstić information content (AvgIpc) is 3.29. The van der Waals surface area contributed by atoms with Gasteiger partial charge in [-0.3, -0.25) is 9.69 Å². The number of halogens is 1. The van der Waals surface area contributed by atoms with Gasteiger partial charge in [-0.05, 0) is 37.8 Å². The van der Waals surface area contributed by atoms with Gasteiger partial charge in [0.25, 0.3) is 0 Å². The van der Waals surface area contributed by atoms with Crippen LogP contribution in [0.5, 0.6) is 0 Å². The largest absolute Gasteiger partial charge is 0.390 e. The normalized spacial score (nSPS) is 21.0. The lowest BCUT2D eigenvalue weighted by molar-refractivity contribution is -0.129. The van der Waals surface area contributed by atoms with Crippen LogP contribution in [0.3, 0.4) is 0 Å². The molecule has 0 bridgehead atoms. The Morgan fingerprint density at radius 1 is 1.39 bits per heavy atom. The van der Waals surface area contributed by atoms with E-state index in [-0.39, 0.29) is 11.9 Å². The molecule has 0 radical (unpaired) electrons. The van der Waals surface area contributed by atoms with Gasteiger partial charge >= 0.3 is 0 Å². The van der Waals surface area contributed by atoms with Gasteiger partial charge < -0.3 is 10.0 Å². The fourth-order valence-corrected chi connectivity index (χ4v) is 3.77. The van der Waals surface area contributed by atoms with Crippen LogP contribution in [0.15, 0.2) is 24.3 Å². The number of amides is 1. The first kappa shape index (κ1) is 16.7. The Morgan fingerprint density at radius 3 is 2.74 bits per heavy atom. The molecular formula is C18H25ClN2O2. The summed E-state index contributed by atoms with van der Waals surface area (Å²) in [6, 6.07) is 8.59. The molecule has 1 heterocycles. The van der Waals surface area contributed by atoms with Crippen molar-refractivity contribution in [2.75, 3.05) is 19.6 Å². The minimum absolute atomic E-state index is 0.167. The lowest BCUT2D eigenvalue weighted by Crippen LogP contribution is -2.42. The minimum atomic E-state index is -0.511. The smallest absolute Gasteiger partial charge is 0.222 e. The van der Waals surface area contributed by atoms with Gasteiger partial charge in [0.2, 0.25) is 5.91 Å². The van der Waals surface area contributed by atoms with Crippen molar-refractivity contribution in [3.63, 3.8) is 0 Å². The Hall–Kier alpha value is -1.10. The Labute approximate surface area is 143 Å². The van der Waals surface area contributed by atoms with E-state index in [1.54, 1.807) is 4.90 Å². The molecule has 1 aromatic rings. The van der Waals surface area contributed by atoms with Crippen LogP contribution in [0.25, 0.3) is 0 Å². The van der Waals surface area contributed by atoms with Crippen molar-refractivity contribution in [1.82, 2.24) is 9.80 Å². The van der Waals surface area contributed by atoms with E-state index in [1.807, 2.05) is 18.2 Å². The molecule has 2 fully saturated rings. The highest BCUT2D eigenvalue weighted by Gasteiger charge is 2.35. The van der Waals surface area contributed by atoms with Crippen LogP contribution in [0.2, 0.25) is 5.02 Å². The van der Waals surface area contributed by atoms with Crippen LogP contribution in [-0.2, 0) is 4.79 Å². The van der Waals surface area contributed by atoms with Crippen LogP contribution in [0.1, 0.15) is 44.2 Å². The van der Waals surface area contributed by atoms with E-state index >= 15 is 0 Å². The molecule has 0 spiro atoms. The van der Waals surface area contributed by atoms with Crippen LogP contribution >= 0.6 is 11.6 Å². The van der Waals surface area contributed by atoms with Gasteiger partial charge in [-0.25, -0.2) is 0 Å². The van der Waals surface area contributed by atoms with Crippen molar-refractivity contribution in [3.8, 4) is 0 Å². The minimum Gasteiger partial charge on any atom is -0.390 e. The maximum atomic E-state index is 11.7. The zero-order chi connectivity index (χ0) is 16.4. The molecule has 0 aromatic heterocycles. The van der Waals surface area contributed by atoms with E-state index in [1.165, 1.54) is 12.8 Å². The van der Waals surface area contributed by atoms with E-state index in [9.17, 15) is 9.90 Å². The van der Waals surface area contributed by atoms with Crippen molar-refractivity contribution in [1.29, 1.82) is 0 Å². The number of rotatable bonds is 7. The molecule has 1 N–H and O–H groups in total. The second-order valence-electron chi connectivity index (χ2n) is 6.72. The van der Waals surface area contributed by atoms with E-state index in [4.69, 9.17) is 11.6 Å². The lowest BCUT2D eigenvalue weighted by atomic mass is 10.1. The molecule has 1 aliphatic heterocycles. The topological polar surface area (TPSA) is 43.8 Å². The number of hydrogen-bond acceptors (Lipinski definition) is 3. The van der Waals surface area contributed by atoms with Gasteiger partial charge in [-0.15, -0.1) is 0 Å². The standard InChI is InChI=1S/C18H25ClN2O2/c1-13(16-5-2-3-6-17(16)19)21(14-8-9-14)12-15(22)11-20-10-4-7-18(20)23/h2-3,5-6,13-15,22H,4,7-12H2,1H3. The van der Waals surface area contributed by atoms with Crippen molar-refractivity contribution in [2.24, 2.45) is 0 Å². The summed E-state index contributed by atoms with van der Waals surface area (Å²) in [4.78, 5) is 15.9. The zero-order valence-electron chi connectivity index (χ0n) is 13.6. The number of benzene rings is 1. The van der Waals surface area contributed by atoms with Crippen molar-refractivity contribution in [2.45, 2.75) is 50.8 Å². The van der Waals surface area contributed by atoms with Gasteiger partial charge in [-0.2, -0.15) is 0 Å². The molecule has 1 saturated carbocycles. The number of carbonyl (C=O) groups excluding carboxylic acids is 1. The molecule has 2 unspecified atom stereocenters. The summed E-state index contributed by atoms with van der Waals surface area (Å²) in [6.07, 6.45) is 3.36. The second-order valence-corrected chi connectivity index (χ2v) is 7.13. The first-order valence-corrected chi connectivity index (χ1v) is 8.90. The lowest BCUT2D eigenvalue weighted by Gasteiger charge is -2.33. The molecule has 3 rings (SSSR count). The highest BCUT2D eigenvalue weighted by Crippen LogP contribution is 2.36. The summed E-state index contributed by atoms with van der Waals surface area (Å²) in [5, 5.41) is 11.2. The summed E-state index contributed by atoms with van der Waals surface area (Å²) in [5.74, 6) is 0.168. The number of nitrogens with zero attached hydrogens (tertiary/aromatic N) is 2. The Morgan fingerprint density at radius 2 is 2.13 bits per heavy atom. The molecule has 4 nitrogen and oxygen atoms in total. The van der Waals surface area contributed by atoms with E-state index in [2.05, 4.69) is 17.9 Å². The second kappa shape index (κ2) is 7.20.